The summed E-state index contributed by atoms with van der Waals surface area (Å²) in [6.45, 7) is 6.04. The zero-order valence-corrected chi connectivity index (χ0v) is 23.1. The molecule has 0 unspecified atom stereocenters. The van der Waals surface area contributed by atoms with E-state index in [2.05, 4.69) is 14.9 Å². The van der Waals surface area contributed by atoms with E-state index in [9.17, 15) is 22.4 Å². The number of nitrogens with zero attached hydrogens (tertiary/aromatic N) is 2. The molecule has 2 aromatic rings. The third kappa shape index (κ3) is 8.82. The Hall–Kier alpha value is -2.86. The average molecular weight is 561 g/mol. The Labute approximate surface area is 229 Å². The van der Waals surface area contributed by atoms with Crippen molar-refractivity contribution in [2.45, 2.75) is 56.1 Å². The number of nitrogens with one attached hydrogen (secondary N) is 2. The molecule has 1 heterocycles. The standard InChI is InChI=1S/C28H37FN4O5S/c1-21(28(35)30-14-15-32-16-18-38-19-17-32)33(20-23-2-7-24(29)8-3-23)27(34)13-6-22-4-11-26(12-5-22)39(36,37)31-25-9-10-25/h2-5,7-8,11-12,21,25,31H,6,9-10,13-20H2,1H3,(H,30,35)/t21-/m0/s1. The molecule has 1 atom stereocenters. The molecular weight excluding hydrogens is 523 g/mol. The second-order valence-electron chi connectivity index (χ2n) is 10.1. The number of carbonyl (C=O) groups is 2. The second kappa shape index (κ2) is 13.5. The minimum absolute atomic E-state index is 0.0259. The molecule has 0 spiro atoms. The Kier molecular flexibility index (Phi) is 10.1. The van der Waals surface area contributed by atoms with Gasteiger partial charge in [0.2, 0.25) is 21.8 Å². The molecule has 39 heavy (non-hydrogen) atoms. The van der Waals surface area contributed by atoms with Crippen LogP contribution in [0, 0.1) is 5.82 Å². The van der Waals surface area contributed by atoms with Gasteiger partial charge in [0, 0.05) is 45.2 Å². The SMILES string of the molecule is C[C@@H](C(=O)NCCN1CCOCC1)N(Cc1ccc(F)cc1)C(=O)CCc1ccc(S(=O)(=O)NC2CC2)cc1. The molecule has 1 aliphatic carbocycles. The van der Waals surface area contributed by atoms with Gasteiger partial charge in [-0.1, -0.05) is 24.3 Å². The largest absolute Gasteiger partial charge is 0.379 e. The quantitative estimate of drug-likeness (QED) is 0.389. The van der Waals surface area contributed by atoms with E-state index in [0.29, 0.717) is 32.7 Å². The van der Waals surface area contributed by atoms with Gasteiger partial charge in [0.05, 0.1) is 18.1 Å². The van der Waals surface area contributed by atoms with Gasteiger partial charge in [-0.2, -0.15) is 0 Å². The molecule has 2 amide bonds. The van der Waals surface area contributed by atoms with Gasteiger partial charge in [-0.25, -0.2) is 17.5 Å². The maximum absolute atomic E-state index is 13.4. The van der Waals surface area contributed by atoms with Crippen molar-refractivity contribution < 1.29 is 27.1 Å². The number of amides is 2. The lowest BCUT2D eigenvalue weighted by Gasteiger charge is -2.30. The number of carbonyl (C=O) groups excluding carboxylic acids is 2. The van der Waals surface area contributed by atoms with Gasteiger partial charge in [-0.05, 0) is 61.6 Å². The number of morpholine rings is 1. The third-order valence-corrected chi connectivity index (χ3v) is 8.56. The molecule has 9 nitrogen and oxygen atoms in total. The van der Waals surface area contributed by atoms with Crippen LogP contribution in [0.1, 0.15) is 37.3 Å². The third-order valence-electron chi connectivity index (χ3n) is 7.02. The zero-order valence-electron chi connectivity index (χ0n) is 22.3. The van der Waals surface area contributed by atoms with Crippen molar-refractivity contribution in [2.75, 3.05) is 39.4 Å². The topological polar surface area (TPSA) is 108 Å². The molecule has 2 N–H and O–H groups in total. The van der Waals surface area contributed by atoms with Gasteiger partial charge >= 0.3 is 0 Å². The highest BCUT2D eigenvalue weighted by Crippen LogP contribution is 2.22. The highest BCUT2D eigenvalue weighted by Gasteiger charge is 2.28. The van der Waals surface area contributed by atoms with E-state index in [1.54, 1.807) is 43.3 Å². The van der Waals surface area contributed by atoms with Crippen molar-refractivity contribution in [3.63, 3.8) is 0 Å². The molecule has 0 radical (unpaired) electrons. The molecule has 1 aliphatic heterocycles. The summed E-state index contributed by atoms with van der Waals surface area (Å²) in [7, 11) is -3.54. The van der Waals surface area contributed by atoms with E-state index in [4.69, 9.17) is 4.74 Å². The minimum Gasteiger partial charge on any atom is -0.379 e. The Bertz CT molecular complexity index is 1210. The fourth-order valence-corrected chi connectivity index (χ4v) is 5.70. The predicted octanol–water partition coefficient (Wildman–Crippen LogP) is 2.06. The zero-order chi connectivity index (χ0) is 27.8. The summed E-state index contributed by atoms with van der Waals surface area (Å²) in [5.74, 6) is -0.845. The van der Waals surface area contributed by atoms with E-state index in [-0.39, 0.29) is 41.5 Å². The number of sulfonamides is 1. The predicted molar refractivity (Wildman–Crippen MR) is 145 cm³/mol. The van der Waals surface area contributed by atoms with Crippen LogP contribution in [0.15, 0.2) is 53.4 Å². The first-order valence-electron chi connectivity index (χ1n) is 13.4. The number of aryl methyl sites for hydroxylation is 1. The van der Waals surface area contributed by atoms with Crippen LogP contribution in [0.5, 0.6) is 0 Å². The van der Waals surface area contributed by atoms with Crippen LogP contribution in [0.25, 0.3) is 0 Å². The number of hydrogen-bond donors (Lipinski definition) is 2. The van der Waals surface area contributed by atoms with Gasteiger partial charge in [0.15, 0.2) is 0 Å². The van der Waals surface area contributed by atoms with Gasteiger partial charge in [-0.15, -0.1) is 0 Å². The maximum Gasteiger partial charge on any atom is 0.242 e. The molecule has 11 heteroatoms. The molecule has 2 fully saturated rings. The molecule has 1 saturated heterocycles. The highest BCUT2D eigenvalue weighted by molar-refractivity contribution is 7.89. The van der Waals surface area contributed by atoms with E-state index < -0.39 is 16.1 Å². The van der Waals surface area contributed by atoms with Crippen molar-refractivity contribution >= 4 is 21.8 Å². The molecule has 4 rings (SSSR count). The monoisotopic (exact) mass is 560 g/mol. The van der Waals surface area contributed by atoms with Crippen molar-refractivity contribution in [3.05, 3.63) is 65.5 Å². The number of halogens is 1. The van der Waals surface area contributed by atoms with Crippen LogP contribution in [-0.4, -0.2) is 81.5 Å². The molecule has 0 aromatic heterocycles. The highest BCUT2D eigenvalue weighted by atomic mass is 32.2. The summed E-state index contributed by atoms with van der Waals surface area (Å²) in [4.78, 5) is 30.3. The summed E-state index contributed by atoms with van der Waals surface area (Å²) < 4.78 is 46.3. The molecule has 0 bridgehead atoms. The second-order valence-corrected chi connectivity index (χ2v) is 11.8. The van der Waals surface area contributed by atoms with Crippen LogP contribution < -0.4 is 10.0 Å². The molecule has 1 saturated carbocycles. The summed E-state index contributed by atoms with van der Waals surface area (Å²) in [6.07, 6.45) is 2.25. The maximum atomic E-state index is 13.4. The van der Waals surface area contributed by atoms with Crippen molar-refractivity contribution in [2.24, 2.45) is 0 Å². The fraction of sp³-hybridized carbons (Fsp3) is 0.500. The van der Waals surface area contributed by atoms with Crippen molar-refractivity contribution in [1.29, 1.82) is 0 Å². The Morgan fingerprint density at radius 1 is 1.05 bits per heavy atom. The summed E-state index contributed by atoms with van der Waals surface area (Å²) in [6, 6.07) is 11.7. The van der Waals surface area contributed by atoms with E-state index in [1.165, 1.54) is 17.0 Å². The van der Waals surface area contributed by atoms with Crippen molar-refractivity contribution in [1.82, 2.24) is 19.8 Å². The fourth-order valence-electron chi connectivity index (χ4n) is 4.40. The first kappa shape index (κ1) is 29.1. The molecule has 2 aromatic carbocycles. The van der Waals surface area contributed by atoms with Gasteiger partial charge in [-0.3, -0.25) is 14.5 Å². The lowest BCUT2D eigenvalue weighted by atomic mass is 10.1. The number of benzene rings is 2. The molecular formula is C28H37FN4O5S. The molecule has 2 aliphatic rings. The summed E-state index contributed by atoms with van der Waals surface area (Å²) in [5.41, 5.74) is 1.54. The normalized spacial score (nSPS) is 17.0. The van der Waals surface area contributed by atoms with Crippen molar-refractivity contribution in [3.8, 4) is 0 Å². The average Bonchev–Trinajstić information content (AvgIpc) is 3.75. The van der Waals surface area contributed by atoms with Crippen LogP contribution >= 0.6 is 0 Å². The minimum atomic E-state index is -3.54. The Morgan fingerprint density at radius 3 is 2.33 bits per heavy atom. The van der Waals surface area contributed by atoms with Crippen LogP contribution in [0.4, 0.5) is 4.39 Å². The summed E-state index contributed by atoms with van der Waals surface area (Å²) >= 11 is 0. The number of hydrogen-bond acceptors (Lipinski definition) is 6. The lowest BCUT2D eigenvalue weighted by Crippen LogP contribution is -2.49. The number of ether oxygens (including phenoxy) is 1. The lowest BCUT2D eigenvalue weighted by molar-refractivity contribution is -0.140. The first-order valence-corrected chi connectivity index (χ1v) is 14.9. The number of rotatable bonds is 13. The van der Waals surface area contributed by atoms with Gasteiger partial charge in [0.25, 0.3) is 0 Å². The van der Waals surface area contributed by atoms with E-state index in [1.807, 2.05) is 0 Å². The smallest absolute Gasteiger partial charge is 0.242 e. The van der Waals surface area contributed by atoms with E-state index in [0.717, 1.165) is 37.1 Å². The van der Waals surface area contributed by atoms with Crippen LogP contribution in [0.3, 0.4) is 0 Å². The van der Waals surface area contributed by atoms with E-state index >= 15 is 0 Å². The van der Waals surface area contributed by atoms with Gasteiger partial charge < -0.3 is 15.0 Å². The van der Waals surface area contributed by atoms with Crippen LogP contribution in [-0.2, 0) is 37.3 Å². The first-order chi connectivity index (χ1) is 18.7. The Balaban J connectivity index is 1.36. The summed E-state index contributed by atoms with van der Waals surface area (Å²) in [5, 5.41) is 2.93. The Morgan fingerprint density at radius 2 is 1.69 bits per heavy atom. The van der Waals surface area contributed by atoms with Crippen LogP contribution in [0.2, 0.25) is 0 Å². The van der Waals surface area contributed by atoms with Gasteiger partial charge in [0.1, 0.15) is 11.9 Å². The molecule has 212 valence electrons.